The molecule has 1 aromatic carbocycles. The number of aromatic nitrogens is 4. The maximum atomic E-state index is 12.6. The molecule has 1 saturated carbocycles. The third kappa shape index (κ3) is 4.55. The molecule has 1 amide bonds. The fourth-order valence-electron chi connectivity index (χ4n) is 3.12. The summed E-state index contributed by atoms with van der Waals surface area (Å²) in [6.45, 7) is 4.33. The van der Waals surface area contributed by atoms with Gasteiger partial charge in [-0.1, -0.05) is 43.2 Å². The number of para-hydroxylation sites is 2. The molecule has 1 aromatic heterocycles. The first-order valence-electron chi connectivity index (χ1n) is 9.16. The average Bonchev–Trinajstić information content (AvgIpc) is 3.12. The standard InChI is InChI=1S/C18H25N5O2S/c1-3-25-16-12-8-7-11-15(16)19-17(24)13(2)26-18-20-21-22-23(18)14-9-5-4-6-10-14/h7-8,11-14H,3-6,9-10H2,1-2H3,(H,19,24). The zero-order chi connectivity index (χ0) is 18.4. The van der Waals surface area contributed by atoms with Crippen LogP contribution in [0, 0.1) is 0 Å². The Labute approximate surface area is 157 Å². The zero-order valence-electron chi connectivity index (χ0n) is 15.2. The van der Waals surface area contributed by atoms with Crippen LogP contribution in [-0.2, 0) is 4.79 Å². The van der Waals surface area contributed by atoms with Gasteiger partial charge in [0, 0.05) is 0 Å². The number of hydrogen-bond acceptors (Lipinski definition) is 6. The van der Waals surface area contributed by atoms with E-state index in [0.717, 1.165) is 12.8 Å². The molecule has 3 rings (SSSR count). The number of ether oxygens (including phenoxy) is 1. The van der Waals surface area contributed by atoms with Gasteiger partial charge in [-0.15, -0.1) is 5.10 Å². The lowest BCUT2D eigenvalue weighted by Crippen LogP contribution is -2.24. The molecule has 0 saturated heterocycles. The molecule has 1 N–H and O–H groups in total. The molecular weight excluding hydrogens is 350 g/mol. The number of carbonyl (C=O) groups is 1. The van der Waals surface area contributed by atoms with Crippen LogP contribution < -0.4 is 10.1 Å². The molecule has 140 valence electrons. The zero-order valence-corrected chi connectivity index (χ0v) is 16.0. The minimum atomic E-state index is -0.321. The number of amides is 1. The smallest absolute Gasteiger partial charge is 0.237 e. The molecule has 0 bridgehead atoms. The van der Waals surface area contributed by atoms with E-state index in [9.17, 15) is 4.79 Å². The van der Waals surface area contributed by atoms with Crippen molar-refractivity contribution in [2.24, 2.45) is 0 Å². The lowest BCUT2D eigenvalue weighted by atomic mass is 9.96. The Balaban J connectivity index is 1.64. The monoisotopic (exact) mass is 375 g/mol. The van der Waals surface area contributed by atoms with Crippen LogP contribution in [0.15, 0.2) is 29.4 Å². The van der Waals surface area contributed by atoms with E-state index < -0.39 is 0 Å². The highest BCUT2D eigenvalue weighted by Crippen LogP contribution is 2.32. The van der Waals surface area contributed by atoms with Gasteiger partial charge in [-0.2, -0.15) is 0 Å². The van der Waals surface area contributed by atoms with Gasteiger partial charge in [-0.05, 0) is 49.2 Å². The summed E-state index contributed by atoms with van der Waals surface area (Å²) in [7, 11) is 0. The Bertz CT molecular complexity index is 730. The third-order valence-corrected chi connectivity index (χ3v) is 5.53. The number of nitrogens with one attached hydrogen (secondary N) is 1. The number of benzene rings is 1. The van der Waals surface area contributed by atoms with Crippen molar-refractivity contribution in [2.45, 2.75) is 62.4 Å². The van der Waals surface area contributed by atoms with Crippen LogP contribution in [0.1, 0.15) is 52.0 Å². The molecule has 1 heterocycles. The van der Waals surface area contributed by atoms with E-state index in [1.165, 1.54) is 31.0 Å². The van der Waals surface area contributed by atoms with Crippen LogP contribution in [0.3, 0.4) is 0 Å². The van der Waals surface area contributed by atoms with E-state index in [4.69, 9.17) is 4.74 Å². The van der Waals surface area contributed by atoms with E-state index in [0.29, 0.717) is 29.2 Å². The number of nitrogens with zero attached hydrogens (tertiary/aromatic N) is 4. The highest BCUT2D eigenvalue weighted by Gasteiger charge is 2.24. The molecule has 1 fully saturated rings. The fourth-order valence-corrected chi connectivity index (χ4v) is 3.97. The SMILES string of the molecule is CCOc1ccccc1NC(=O)C(C)Sc1nnnn1C1CCCCC1. The lowest BCUT2D eigenvalue weighted by Gasteiger charge is -2.22. The van der Waals surface area contributed by atoms with Crippen molar-refractivity contribution in [3.8, 4) is 5.75 Å². The minimum Gasteiger partial charge on any atom is -0.492 e. The van der Waals surface area contributed by atoms with Crippen LogP contribution in [0.25, 0.3) is 0 Å². The molecular formula is C18H25N5O2S. The van der Waals surface area contributed by atoms with Gasteiger partial charge in [-0.25, -0.2) is 4.68 Å². The lowest BCUT2D eigenvalue weighted by molar-refractivity contribution is -0.115. The summed E-state index contributed by atoms with van der Waals surface area (Å²) < 4.78 is 7.45. The van der Waals surface area contributed by atoms with Crippen LogP contribution in [-0.4, -0.2) is 38.0 Å². The van der Waals surface area contributed by atoms with Gasteiger partial charge < -0.3 is 10.1 Å². The van der Waals surface area contributed by atoms with E-state index in [1.807, 2.05) is 42.8 Å². The molecule has 1 unspecified atom stereocenters. The van der Waals surface area contributed by atoms with Crippen LogP contribution >= 0.6 is 11.8 Å². The van der Waals surface area contributed by atoms with Gasteiger partial charge in [0.15, 0.2) is 0 Å². The maximum absolute atomic E-state index is 12.6. The van der Waals surface area contributed by atoms with Gasteiger partial charge in [-0.3, -0.25) is 4.79 Å². The molecule has 0 spiro atoms. The van der Waals surface area contributed by atoms with Crippen molar-refractivity contribution < 1.29 is 9.53 Å². The van der Waals surface area contributed by atoms with E-state index >= 15 is 0 Å². The highest BCUT2D eigenvalue weighted by molar-refractivity contribution is 8.00. The van der Waals surface area contributed by atoms with Crippen LogP contribution in [0.2, 0.25) is 0 Å². The minimum absolute atomic E-state index is 0.0969. The summed E-state index contributed by atoms with van der Waals surface area (Å²) in [5.74, 6) is 0.577. The summed E-state index contributed by atoms with van der Waals surface area (Å²) >= 11 is 1.39. The second-order valence-corrected chi connectivity index (χ2v) is 7.68. The van der Waals surface area contributed by atoms with E-state index in [1.54, 1.807) is 0 Å². The number of anilines is 1. The first-order valence-corrected chi connectivity index (χ1v) is 10.0. The van der Waals surface area contributed by atoms with Gasteiger partial charge in [0.2, 0.25) is 11.1 Å². The third-order valence-electron chi connectivity index (χ3n) is 4.48. The molecule has 0 radical (unpaired) electrons. The average molecular weight is 375 g/mol. The molecule has 8 heteroatoms. The number of tetrazole rings is 1. The van der Waals surface area contributed by atoms with Gasteiger partial charge >= 0.3 is 0 Å². The quantitative estimate of drug-likeness (QED) is 0.743. The molecule has 7 nitrogen and oxygen atoms in total. The Hall–Kier alpha value is -2.09. The summed E-state index contributed by atoms with van der Waals surface area (Å²) in [6.07, 6.45) is 5.89. The van der Waals surface area contributed by atoms with Crippen molar-refractivity contribution in [2.75, 3.05) is 11.9 Å². The van der Waals surface area contributed by atoms with Crippen molar-refractivity contribution in [1.29, 1.82) is 0 Å². The van der Waals surface area contributed by atoms with Crippen LogP contribution in [0.5, 0.6) is 5.75 Å². The van der Waals surface area contributed by atoms with Gasteiger partial charge in [0.05, 0.1) is 23.6 Å². The largest absolute Gasteiger partial charge is 0.492 e. The number of hydrogen-bond donors (Lipinski definition) is 1. The van der Waals surface area contributed by atoms with Crippen molar-refractivity contribution in [3.63, 3.8) is 0 Å². The normalized spacial score (nSPS) is 16.2. The molecule has 26 heavy (non-hydrogen) atoms. The Kier molecular flexibility index (Phi) is 6.49. The first-order chi connectivity index (χ1) is 12.7. The second kappa shape index (κ2) is 9.02. The van der Waals surface area contributed by atoms with Crippen molar-refractivity contribution >= 4 is 23.4 Å². The Morgan fingerprint density at radius 2 is 2.12 bits per heavy atom. The molecule has 1 aliphatic rings. The van der Waals surface area contributed by atoms with Crippen LogP contribution in [0.4, 0.5) is 5.69 Å². The fraction of sp³-hybridized carbons (Fsp3) is 0.556. The molecule has 0 aliphatic heterocycles. The predicted molar refractivity (Wildman–Crippen MR) is 101 cm³/mol. The Morgan fingerprint density at radius 1 is 1.35 bits per heavy atom. The van der Waals surface area contributed by atoms with Gasteiger partial charge in [0.25, 0.3) is 0 Å². The Morgan fingerprint density at radius 3 is 2.88 bits per heavy atom. The topological polar surface area (TPSA) is 81.9 Å². The number of thioether (sulfide) groups is 1. The summed E-state index contributed by atoms with van der Waals surface area (Å²) in [5.41, 5.74) is 0.679. The highest BCUT2D eigenvalue weighted by atomic mass is 32.2. The summed E-state index contributed by atoms with van der Waals surface area (Å²) in [4.78, 5) is 12.6. The summed E-state index contributed by atoms with van der Waals surface area (Å²) in [6, 6.07) is 7.79. The summed E-state index contributed by atoms with van der Waals surface area (Å²) in [5, 5.41) is 15.4. The first kappa shape index (κ1) is 18.7. The number of rotatable bonds is 7. The van der Waals surface area contributed by atoms with Gasteiger partial charge in [0.1, 0.15) is 5.75 Å². The maximum Gasteiger partial charge on any atom is 0.237 e. The molecule has 1 atom stereocenters. The molecule has 1 aliphatic carbocycles. The molecule has 2 aromatic rings. The van der Waals surface area contributed by atoms with E-state index in [2.05, 4.69) is 20.8 Å². The second-order valence-electron chi connectivity index (χ2n) is 6.38. The van der Waals surface area contributed by atoms with E-state index in [-0.39, 0.29) is 11.2 Å². The van der Waals surface area contributed by atoms with Crippen molar-refractivity contribution in [3.05, 3.63) is 24.3 Å². The predicted octanol–water partition coefficient (Wildman–Crippen LogP) is 3.70. The van der Waals surface area contributed by atoms with Crippen molar-refractivity contribution in [1.82, 2.24) is 20.2 Å². The number of carbonyl (C=O) groups excluding carboxylic acids is 1.